The van der Waals surface area contributed by atoms with Crippen molar-refractivity contribution in [3.8, 4) is 0 Å². The van der Waals surface area contributed by atoms with Crippen molar-refractivity contribution in [3.05, 3.63) is 0 Å². The molecule has 0 bridgehead atoms. The van der Waals surface area contributed by atoms with Crippen LogP contribution in [0.4, 0.5) is 0 Å². The van der Waals surface area contributed by atoms with Crippen molar-refractivity contribution in [2.45, 2.75) is 158 Å². The molecule has 4 nitrogen and oxygen atoms in total. The smallest absolute Gasteiger partial charge is 0.313 e. The highest BCUT2D eigenvalue weighted by Gasteiger charge is 2.60. The van der Waals surface area contributed by atoms with Crippen LogP contribution in [-0.2, 0) is 19.1 Å². The first-order valence-corrected chi connectivity index (χ1v) is 15.5. The molecule has 4 heteroatoms. The van der Waals surface area contributed by atoms with Crippen LogP contribution >= 0.6 is 0 Å². The average Bonchev–Trinajstić information content (AvgIpc) is 2.82. The summed E-state index contributed by atoms with van der Waals surface area (Å²) in [5.74, 6) is 1.09. The van der Waals surface area contributed by atoms with E-state index < -0.39 is 10.8 Å². The molecule has 0 aliphatic carbocycles. The second-order valence-electron chi connectivity index (χ2n) is 11.9. The van der Waals surface area contributed by atoms with Gasteiger partial charge in [0.2, 0.25) is 0 Å². The molecule has 36 heavy (non-hydrogen) atoms. The van der Waals surface area contributed by atoms with E-state index in [-0.39, 0.29) is 11.9 Å². The summed E-state index contributed by atoms with van der Waals surface area (Å²) in [5.41, 5.74) is -1.62. The Morgan fingerprint density at radius 2 is 0.833 bits per heavy atom. The van der Waals surface area contributed by atoms with E-state index in [1.54, 1.807) is 0 Å². The van der Waals surface area contributed by atoms with Gasteiger partial charge in [0.25, 0.3) is 0 Å². The minimum atomic E-state index is -0.810. The quantitative estimate of drug-likeness (QED) is 0.101. The Kier molecular flexibility index (Phi) is 19.4. The standard InChI is InChI=1S/C32H62O4/c1-9-21-31(22-10-2,29(33)35-25-17-13-15-19-27(5)6)32(23-11-3,24-12-4)30(34)36-26-18-14-16-20-28(7)8/h27-28H,9-26H2,1-8H3. The topological polar surface area (TPSA) is 52.6 Å². The molecular weight excluding hydrogens is 448 g/mol. The summed E-state index contributed by atoms with van der Waals surface area (Å²) >= 11 is 0. The van der Waals surface area contributed by atoms with Crippen molar-refractivity contribution in [2.75, 3.05) is 13.2 Å². The Morgan fingerprint density at radius 1 is 0.528 bits per heavy atom. The Bertz CT molecular complexity index is 505. The van der Waals surface area contributed by atoms with Crippen LogP contribution in [0.5, 0.6) is 0 Å². The average molecular weight is 511 g/mol. The number of unbranched alkanes of at least 4 members (excludes halogenated alkanes) is 4. The second-order valence-corrected chi connectivity index (χ2v) is 11.9. The predicted octanol–water partition coefficient (Wildman–Crippen LogP) is 9.68. The van der Waals surface area contributed by atoms with E-state index in [2.05, 4.69) is 55.4 Å². The Balaban J connectivity index is 5.71. The van der Waals surface area contributed by atoms with Gasteiger partial charge in [0.05, 0.1) is 24.0 Å². The fourth-order valence-corrected chi connectivity index (χ4v) is 5.98. The van der Waals surface area contributed by atoms with Gasteiger partial charge < -0.3 is 9.47 Å². The van der Waals surface area contributed by atoms with Crippen LogP contribution in [0, 0.1) is 22.7 Å². The summed E-state index contributed by atoms with van der Waals surface area (Å²) in [7, 11) is 0. The van der Waals surface area contributed by atoms with Crippen molar-refractivity contribution in [3.63, 3.8) is 0 Å². The Morgan fingerprint density at radius 3 is 1.08 bits per heavy atom. The van der Waals surface area contributed by atoms with Crippen LogP contribution in [0.3, 0.4) is 0 Å². The first-order chi connectivity index (χ1) is 17.2. The number of hydrogen-bond acceptors (Lipinski definition) is 4. The highest BCUT2D eigenvalue weighted by molar-refractivity contribution is 5.88. The highest BCUT2D eigenvalue weighted by atomic mass is 16.5. The number of hydrogen-bond donors (Lipinski definition) is 0. The molecule has 0 saturated carbocycles. The zero-order valence-corrected chi connectivity index (χ0v) is 25.5. The van der Waals surface area contributed by atoms with Crippen LogP contribution in [-0.4, -0.2) is 25.2 Å². The maximum Gasteiger partial charge on any atom is 0.313 e. The lowest BCUT2D eigenvalue weighted by molar-refractivity contribution is -0.186. The van der Waals surface area contributed by atoms with Gasteiger partial charge in [-0.1, -0.05) is 120 Å². The van der Waals surface area contributed by atoms with Crippen molar-refractivity contribution < 1.29 is 19.1 Å². The first-order valence-electron chi connectivity index (χ1n) is 15.5. The molecule has 0 rings (SSSR count). The molecule has 0 radical (unpaired) electrons. The van der Waals surface area contributed by atoms with Gasteiger partial charge in [0.1, 0.15) is 0 Å². The summed E-state index contributed by atoms with van der Waals surface area (Å²) in [5, 5.41) is 0. The lowest BCUT2D eigenvalue weighted by Crippen LogP contribution is -2.54. The number of rotatable bonds is 23. The van der Waals surface area contributed by atoms with E-state index in [1.165, 1.54) is 25.7 Å². The van der Waals surface area contributed by atoms with E-state index in [0.29, 0.717) is 50.7 Å². The van der Waals surface area contributed by atoms with Gasteiger partial charge in [-0.3, -0.25) is 9.59 Å². The molecule has 0 aromatic rings. The Hall–Kier alpha value is -1.06. The van der Waals surface area contributed by atoms with E-state index in [9.17, 15) is 9.59 Å². The lowest BCUT2D eigenvalue weighted by Gasteiger charge is -2.47. The summed E-state index contributed by atoms with van der Waals surface area (Å²) in [6, 6.07) is 0. The molecule has 0 aromatic heterocycles. The molecule has 0 amide bonds. The van der Waals surface area contributed by atoms with Gasteiger partial charge >= 0.3 is 11.9 Å². The van der Waals surface area contributed by atoms with Crippen LogP contribution in [0.15, 0.2) is 0 Å². The van der Waals surface area contributed by atoms with Crippen molar-refractivity contribution in [1.29, 1.82) is 0 Å². The second kappa shape index (κ2) is 20.0. The number of ether oxygens (including phenoxy) is 2. The zero-order valence-electron chi connectivity index (χ0n) is 25.5. The molecule has 214 valence electrons. The molecule has 0 aliphatic rings. The number of esters is 2. The molecule has 0 unspecified atom stereocenters. The molecule has 0 aromatic carbocycles. The van der Waals surface area contributed by atoms with Crippen molar-refractivity contribution in [1.82, 2.24) is 0 Å². The highest BCUT2D eigenvalue weighted by Crippen LogP contribution is 2.54. The van der Waals surface area contributed by atoms with Gasteiger partial charge in [-0.15, -0.1) is 0 Å². The van der Waals surface area contributed by atoms with E-state index in [1.807, 2.05) is 0 Å². The van der Waals surface area contributed by atoms with Gasteiger partial charge in [0.15, 0.2) is 0 Å². The maximum atomic E-state index is 13.9. The summed E-state index contributed by atoms with van der Waals surface area (Å²) in [6.45, 7) is 18.4. The molecule has 0 N–H and O–H groups in total. The zero-order chi connectivity index (χ0) is 27.5. The molecule has 0 heterocycles. The maximum absolute atomic E-state index is 13.9. The van der Waals surface area contributed by atoms with Crippen molar-refractivity contribution >= 4 is 11.9 Å². The third-order valence-corrected chi connectivity index (χ3v) is 7.72. The van der Waals surface area contributed by atoms with Crippen LogP contribution in [0.1, 0.15) is 158 Å². The van der Waals surface area contributed by atoms with Gasteiger partial charge in [-0.2, -0.15) is 0 Å². The number of carbonyl (C=O) groups excluding carboxylic acids is 2. The van der Waals surface area contributed by atoms with Gasteiger partial charge in [-0.05, 0) is 50.4 Å². The van der Waals surface area contributed by atoms with Crippen LogP contribution < -0.4 is 0 Å². The predicted molar refractivity (Wildman–Crippen MR) is 153 cm³/mol. The van der Waals surface area contributed by atoms with Gasteiger partial charge in [0, 0.05) is 0 Å². The third kappa shape index (κ3) is 11.5. The molecule has 0 fully saturated rings. The van der Waals surface area contributed by atoms with Crippen LogP contribution in [0.2, 0.25) is 0 Å². The number of carbonyl (C=O) groups is 2. The molecular formula is C32H62O4. The largest absolute Gasteiger partial charge is 0.465 e. The summed E-state index contributed by atoms with van der Waals surface area (Å²) in [4.78, 5) is 27.9. The fraction of sp³-hybridized carbons (Fsp3) is 0.938. The van der Waals surface area contributed by atoms with E-state index in [4.69, 9.17) is 9.47 Å². The lowest BCUT2D eigenvalue weighted by atomic mass is 9.55. The van der Waals surface area contributed by atoms with Crippen molar-refractivity contribution in [2.24, 2.45) is 22.7 Å². The van der Waals surface area contributed by atoms with E-state index in [0.717, 1.165) is 51.4 Å². The molecule has 0 spiro atoms. The molecule has 0 atom stereocenters. The first kappa shape index (κ1) is 34.9. The van der Waals surface area contributed by atoms with Crippen LogP contribution in [0.25, 0.3) is 0 Å². The molecule has 0 aliphatic heterocycles. The minimum Gasteiger partial charge on any atom is -0.465 e. The molecule has 0 saturated heterocycles. The minimum absolute atomic E-state index is 0.161. The van der Waals surface area contributed by atoms with E-state index >= 15 is 0 Å². The van der Waals surface area contributed by atoms with Gasteiger partial charge in [-0.25, -0.2) is 0 Å². The third-order valence-electron chi connectivity index (χ3n) is 7.72. The summed E-state index contributed by atoms with van der Waals surface area (Å²) in [6.07, 6.45) is 14.8. The summed E-state index contributed by atoms with van der Waals surface area (Å²) < 4.78 is 12.0. The monoisotopic (exact) mass is 510 g/mol. The fourth-order valence-electron chi connectivity index (χ4n) is 5.98. The SMILES string of the molecule is CCCC(CCC)(C(=O)OCCCCCC(C)C)C(CCC)(CCC)C(=O)OCCCCCC(C)C. The Labute approximate surface area is 225 Å². The normalized spacial score (nSPS) is 12.4.